The van der Waals surface area contributed by atoms with Crippen molar-refractivity contribution in [1.29, 1.82) is 0 Å². The Labute approximate surface area is 371 Å². The highest BCUT2D eigenvalue weighted by molar-refractivity contribution is 7.91. The van der Waals surface area contributed by atoms with Gasteiger partial charge in [-0.1, -0.05) is 34.1 Å². The summed E-state index contributed by atoms with van der Waals surface area (Å²) in [5, 5.41) is 0. The van der Waals surface area contributed by atoms with E-state index in [9.17, 15) is 42.8 Å². The van der Waals surface area contributed by atoms with Crippen LogP contribution < -0.4 is 0 Å². The fraction of sp³-hybridized carbons (Fsp3) is 1.00. The molecule has 0 amide bonds. The van der Waals surface area contributed by atoms with Crippen molar-refractivity contribution in [3.05, 3.63) is 0 Å². The summed E-state index contributed by atoms with van der Waals surface area (Å²) in [6, 6.07) is 0. The summed E-state index contributed by atoms with van der Waals surface area (Å²) in [7, 11) is -10.7. The zero-order valence-corrected chi connectivity index (χ0v) is 42.0. The molecule has 5 aliphatic heterocycles. The highest BCUT2D eigenvalue weighted by Crippen LogP contribution is 2.43. The molecule has 0 aromatic rings. The highest BCUT2D eigenvalue weighted by atomic mass is 32.2. The number of hydrogen-bond acceptors (Lipinski definition) is 8. The molecule has 61 heavy (non-hydrogen) atoms. The Morgan fingerprint density at radius 2 is 0.770 bits per heavy atom. The van der Waals surface area contributed by atoms with Gasteiger partial charge in [-0.3, -0.25) is 9.11 Å². The van der Waals surface area contributed by atoms with E-state index >= 15 is 0 Å². The molecule has 10 unspecified atom stereocenters. The predicted octanol–water partition coefficient (Wildman–Crippen LogP) is 3.71. The van der Waals surface area contributed by atoms with Crippen molar-refractivity contribution in [3.8, 4) is 0 Å². The number of rotatable bonds is 23. The normalized spacial score (nSPS) is 38.6. The molecule has 2 spiro atoms. The van der Waals surface area contributed by atoms with Crippen LogP contribution in [0.25, 0.3) is 0 Å². The number of likely N-dealkylation sites (tertiary alicyclic amines) is 2. The average Bonchev–Trinajstić information content (AvgIpc) is 3.84. The summed E-state index contributed by atoms with van der Waals surface area (Å²) in [6.45, 7) is 21.5. The van der Waals surface area contributed by atoms with Crippen molar-refractivity contribution >= 4 is 39.9 Å². The van der Waals surface area contributed by atoms with Crippen molar-refractivity contribution in [2.24, 2.45) is 47.3 Å². The number of piperazine rings is 1. The number of hydrogen-bond donors (Lipinski definition) is 2. The molecule has 2 N–H and O–H groups in total. The molecule has 0 radical (unpaired) electrons. The number of nitrogens with zero attached hydrogens (tertiary/aromatic N) is 4. The molecule has 5 aliphatic rings. The second kappa shape index (κ2) is 20.2. The summed E-state index contributed by atoms with van der Waals surface area (Å²) in [6.07, 6.45) is 7.20. The second-order valence-electron chi connectivity index (χ2n) is 22.0. The van der Waals surface area contributed by atoms with E-state index < -0.39 is 39.9 Å². The fourth-order valence-corrected chi connectivity index (χ4v) is 18.9. The van der Waals surface area contributed by atoms with E-state index in [2.05, 4.69) is 34.9 Å². The summed E-state index contributed by atoms with van der Waals surface area (Å²) in [5.74, 6) is 2.03. The zero-order valence-electron chi connectivity index (χ0n) is 38.7. The summed E-state index contributed by atoms with van der Waals surface area (Å²) >= 11 is 0. The van der Waals surface area contributed by atoms with Gasteiger partial charge in [0.15, 0.2) is 19.7 Å². The Bertz CT molecular complexity index is 1890. The molecule has 5 heterocycles. The van der Waals surface area contributed by atoms with Crippen LogP contribution in [0.3, 0.4) is 0 Å². The van der Waals surface area contributed by atoms with Crippen LogP contribution in [0.1, 0.15) is 85.5 Å². The molecule has 0 aromatic carbocycles. The lowest BCUT2D eigenvalue weighted by Crippen LogP contribution is -2.65. The summed E-state index contributed by atoms with van der Waals surface area (Å²) in [5.41, 5.74) is 0. The van der Waals surface area contributed by atoms with E-state index in [-0.39, 0.29) is 70.0 Å². The van der Waals surface area contributed by atoms with Gasteiger partial charge in [-0.15, -0.1) is 0 Å². The first-order chi connectivity index (χ1) is 28.3. The molecule has 0 aliphatic carbocycles. The molecular formula is C43H86N4O10S4+4. The van der Waals surface area contributed by atoms with Crippen LogP contribution in [0.4, 0.5) is 0 Å². The minimum absolute atomic E-state index is 0.00296. The third kappa shape index (κ3) is 14.5. The van der Waals surface area contributed by atoms with Gasteiger partial charge in [0.05, 0.1) is 108 Å². The molecular weight excluding hydrogens is 861 g/mol. The Kier molecular flexibility index (Phi) is 17.1. The van der Waals surface area contributed by atoms with Gasteiger partial charge < -0.3 is 17.9 Å². The Hall–Kier alpha value is -0.440. The van der Waals surface area contributed by atoms with Gasteiger partial charge in [0.1, 0.15) is 26.2 Å². The van der Waals surface area contributed by atoms with Gasteiger partial charge in [0, 0.05) is 65.9 Å². The van der Waals surface area contributed by atoms with Crippen LogP contribution in [0.15, 0.2) is 0 Å². The first-order valence-electron chi connectivity index (χ1n) is 23.9. The van der Waals surface area contributed by atoms with Crippen LogP contribution in [0, 0.1) is 47.3 Å². The fourth-order valence-electron chi connectivity index (χ4n) is 13.9. The van der Waals surface area contributed by atoms with E-state index in [0.29, 0.717) is 54.4 Å². The summed E-state index contributed by atoms with van der Waals surface area (Å²) in [4.78, 5) is 0. The molecule has 0 saturated carbocycles. The second-order valence-corrected chi connectivity index (χ2v) is 29.5. The van der Waals surface area contributed by atoms with E-state index in [4.69, 9.17) is 0 Å². The Morgan fingerprint density at radius 3 is 1.16 bits per heavy atom. The van der Waals surface area contributed by atoms with Gasteiger partial charge in [-0.05, 0) is 38.5 Å². The largest absolute Gasteiger partial charge is 0.326 e. The molecule has 5 rings (SSSR count). The lowest BCUT2D eigenvalue weighted by Gasteiger charge is -2.47. The highest BCUT2D eigenvalue weighted by Gasteiger charge is 2.55. The third-order valence-electron chi connectivity index (χ3n) is 16.7. The molecule has 18 heteroatoms. The molecule has 14 nitrogen and oxygen atoms in total. The van der Waals surface area contributed by atoms with Gasteiger partial charge in [0.2, 0.25) is 0 Å². The van der Waals surface area contributed by atoms with E-state index in [1.165, 1.54) is 30.4 Å². The van der Waals surface area contributed by atoms with Crippen molar-refractivity contribution in [3.63, 3.8) is 0 Å². The lowest BCUT2D eigenvalue weighted by molar-refractivity contribution is -1.02. The zero-order chi connectivity index (χ0) is 45.1. The SMILES string of the molecule is CCCC1C[N+](C)(CCCS(=O)(=O)O)CC1CS(=O)(=O)CC1C[N+]2(CC[N+]3(CC2)CC(CC)C(CC)C3)CC1CCC1C[N+](C)(CCCS(=O)(=O)O)CC1CS(=O)(=O)CCC. The van der Waals surface area contributed by atoms with Crippen LogP contribution >= 0.6 is 0 Å². The minimum atomic E-state index is -4.09. The molecule has 358 valence electrons. The van der Waals surface area contributed by atoms with Crippen molar-refractivity contribution in [2.75, 3.05) is 140 Å². The number of sulfone groups is 2. The monoisotopic (exact) mass is 947 g/mol. The summed E-state index contributed by atoms with van der Waals surface area (Å²) < 4.78 is 124. The van der Waals surface area contributed by atoms with E-state index in [1.54, 1.807) is 0 Å². The van der Waals surface area contributed by atoms with Crippen LogP contribution in [0.5, 0.6) is 0 Å². The van der Waals surface area contributed by atoms with Gasteiger partial charge in [-0.2, -0.15) is 16.8 Å². The topological polar surface area (TPSA) is 177 Å². The lowest BCUT2D eigenvalue weighted by atomic mass is 9.86. The first kappa shape index (κ1) is 51.5. The smallest absolute Gasteiger partial charge is 0.265 e. The quantitative estimate of drug-likeness (QED) is 0.114. The van der Waals surface area contributed by atoms with Gasteiger partial charge in [-0.25, -0.2) is 16.8 Å². The maximum absolute atomic E-state index is 14.5. The van der Waals surface area contributed by atoms with E-state index in [0.717, 1.165) is 94.4 Å². The Morgan fingerprint density at radius 1 is 0.426 bits per heavy atom. The van der Waals surface area contributed by atoms with Gasteiger partial charge in [0.25, 0.3) is 20.2 Å². The average molecular weight is 947 g/mol. The molecule has 5 saturated heterocycles. The molecule has 5 fully saturated rings. The standard InChI is InChI=1S/C43H84N4O10S4/c1-7-13-38-25-44(5,16-11-23-60(52,53)54)28-42(38)34-59(50,51)35-43-32-47(20-18-46(19-21-47)29-36(9-3)37(10-4)30-46)31-40(43)15-14-39-26-45(6,17-12-24-61(55,56)57)27-41(39)33-58(48,49)22-8-2/h36-43H,7-35H2,1-6H3/q+2/p+2. The van der Waals surface area contributed by atoms with Crippen molar-refractivity contribution < 1.29 is 60.7 Å². The molecule has 10 atom stereocenters. The van der Waals surface area contributed by atoms with Crippen LogP contribution in [0.2, 0.25) is 0 Å². The molecule has 0 aromatic heterocycles. The maximum Gasteiger partial charge on any atom is 0.265 e. The van der Waals surface area contributed by atoms with E-state index in [1.807, 2.05) is 6.92 Å². The van der Waals surface area contributed by atoms with Crippen LogP contribution in [-0.2, 0) is 39.9 Å². The maximum atomic E-state index is 14.5. The van der Waals surface area contributed by atoms with Crippen molar-refractivity contribution in [2.45, 2.75) is 85.5 Å². The molecule has 0 bridgehead atoms. The Balaban J connectivity index is 1.34. The minimum Gasteiger partial charge on any atom is -0.326 e. The third-order valence-corrected chi connectivity index (χ3v) is 22.1. The number of quaternary nitrogens is 4. The van der Waals surface area contributed by atoms with Gasteiger partial charge >= 0.3 is 0 Å². The first-order valence-corrected chi connectivity index (χ1v) is 30.8. The van der Waals surface area contributed by atoms with Crippen molar-refractivity contribution in [1.82, 2.24) is 0 Å². The predicted molar refractivity (Wildman–Crippen MR) is 243 cm³/mol. The van der Waals surface area contributed by atoms with Crippen LogP contribution in [-0.4, -0.2) is 201 Å².